The Kier molecular flexibility index (Phi) is 5.75. The standard InChI is InChI=1S/C13H23NO5/c1-13(2,3)19-9-11(15)14-5-6-18-10(8-14)7-12(16)17-4/h10H,5-9H2,1-4H3. The predicted molar refractivity (Wildman–Crippen MR) is 68.7 cm³/mol. The minimum Gasteiger partial charge on any atom is -0.469 e. The molecule has 110 valence electrons. The molecule has 0 saturated carbocycles. The SMILES string of the molecule is COC(=O)CC1CN(C(=O)COC(C)(C)C)CCO1. The molecule has 1 amide bonds. The molecule has 6 nitrogen and oxygen atoms in total. The number of amides is 1. The van der Waals surface area contributed by atoms with Gasteiger partial charge in [-0.2, -0.15) is 0 Å². The minimum atomic E-state index is -0.340. The molecule has 1 rings (SSSR count). The van der Waals surface area contributed by atoms with Crippen LogP contribution in [0, 0.1) is 0 Å². The number of hydrogen-bond acceptors (Lipinski definition) is 5. The fourth-order valence-electron chi connectivity index (χ4n) is 1.71. The molecule has 19 heavy (non-hydrogen) atoms. The van der Waals surface area contributed by atoms with E-state index >= 15 is 0 Å². The average molecular weight is 273 g/mol. The van der Waals surface area contributed by atoms with Crippen LogP contribution in [0.1, 0.15) is 27.2 Å². The van der Waals surface area contributed by atoms with Crippen LogP contribution in [0.3, 0.4) is 0 Å². The van der Waals surface area contributed by atoms with Crippen LogP contribution in [0.2, 0.25) is 0 Å². The van der Waals surface area contributed by atoms with Gasteiger partial charge in [-0.1, -0.05) is 0 Å². The van der Waals surface area contributed by atoms with E-state index in [0.717, 1.165) is 0 Å². The second-order valence-electron chi connectivity index (χ2n) is 5.51. The minimum absolute atomic E-state index is 0.0500. The number of carbonyl (C=O) groups excluding carboxylic acids is 2. The Balaban J connectivity index is 2.41. The monoisotopic (exact) mass is 273 g/mol. The smallest absolute Gasteiger partial charge is 0.308 e. The maximum absolute atomic E-state index is 12.0. The first-order valence-electron chi connectivity index (χ1n) is 6.42. The van der Waals surface area contributed by atoms with Gasteiger partial charge in [0.05, 0.1) is 31.8 Å². The molecule has 1 saturated heterocycles. The molecule has 0 radical (unpaired) electrons. The normalized spacial score (nSPS) is 20.2. The molecule has 0 N–H and O–H groups in total. The van der Waals surface area contributed by atoms with Gasteiger partial charge in [0.25, 0.3) is 0 Å². The van der Waals surface area contributed by atoms with Gasteiger partial charge in [-0.3, -0.25) is 9.59 Å². The number of nitrogens with zero attached hydrogens (tertiary/aromatic N) is 1. The summed E-state index contributed by atoms with van der Waals surface area (Å²) in [5, 5.41) is 0. The van der Waals surface area contributed by atoms with Gasteiger partial charge >= 0.3 is 5.97 Å². The second-order valence-corrected chi connectivity index (χ2v) is 5.51. The zero-order valence-electron chi connectivity index (χ0n) is 12.1. The lowest BCUT2D eigenvalue weighted by Crippen LogP contribution is -2.48. The topological polar surface area (TPSA) is 65.1 Å². The molecule has 1 fully saturated rings. The van der Waals surface area contributed by atoms with E-state index in [1.54, 1.807) is 4.90 Å². The van der Waals surface area contributed by atoms with Crippen molar-refractivity contribution in [2.45, 2.75) is 38.9 Å². The van der Waals surface area contributed by atoms with Gasteiger partial charge in [0.1, 0.15) is 6.61 Å². The Hall–Kier alpha value is -1.14. The van der Waals surface area contributed by atoms with Gasteiger partial charge in [0.15, 0.2) is 0 Å². The van der Waals surface area contributed by atoms with Crippen molar-refractivity contribution in [1.29, 1.82) is 0 Å². The molecule has 0 aromatic rings. The van der Waals surface area contributed by atoms with E-state index in [9.17, 15) is 9.59 Å². The summed E-state index contributed by atoms with van der Waals surface area (Å²) < 4.78 is 15.5. The van der Waals surface area contributed by atoms with Gasteiger partial charge < -0.3 is 19.1 Å². The van der Waals surface area contributed by atoms with Gasteiger partial charge in [-0.15, -0.1) is 0 Å². The lowest BCUT2D eigenvalue weighted by Gasteiger charge is -2.33. The van der Waals surface area contributed by atoms with Gasteiger partial charge in [0.2, 0.25) is 5.91 Å². The van der Waals surface area contributed by atoms with E-state index in [1.807, 2.05) is 20.8 Å². The summed E-state index contributed by atoms with van der Waals surface area (Å²) >= 11 is 0. The third kappa shape index (κ3) is 6.02. The van der Waals surface area contributed by atoms with E-state index in [4.69, 9.17) is 9.47 Å². The Morgan fingerprint density at radius 1 is 1.37 bits per heavy atom. The van der Waals surface area contributed by atoms with Crippen molar-refractivity contribution in [2.24, 2.45) is 0 Å². The van der Waals surface area contributed by atoms with E-state index < -0.39 is 0 Å². The summed E-state index contributed by atoms with van der Waals surface area (Å²) in [5.74, 6) is -0.404. The van der Waals surface area contributed by atoms with Crippen LogP contribution in [0.4, 0.5) is 0 Å². The number of rotatable bonds is 4. The van der Waals surface area contributed by atoms with Crippen molar-refractivity contribution < 1.29 is 23.8 Å². The van der Waals surface area contributed by atoms with Gasteiger partial charge in [-0.25, -0.2) is 0 Å². The molecule has 0 spiro atoms. The van der Waals surface area contributed by atoms with Gasteiger partial charge in [0, 0.05) is 13.1 Å². The van der Waals surface area contributed by atoms with Crippen molar-refractivity contribution in [3.63, 3.8) is 0 Å². The zero-order chi connectivity index (χ0) is 14.5. The Labute approximate surface area is 114 Å². The number of esters is 1. The maximum atomic E-state index is 12.0. The molecule has 0 bridgehead atoms. The summed E-state index contributed by atoms with van der Waals surface area (Å²) in [7, 11) is 1.34. The predicted octanol–water partition coefficient (Wildman–Crippen LogP) is 0.592. The number of carbonyl (C=O) groups is 2. The highest BCUT2D eigenvalue weighted by atomic mass is 16.5. The van der Waals surface area contributed by atoms with Crippen molar-refractivity contribution in [3.05, 3.63) is 0 Å². The second kappa shape index (κ2) is 6.86. The number of methoxy groups -OCH3 is 1. The summed E-state index contributed by atoms with van der Waals surface area (Å²) in [4.78, 5) is 24.8. The summed E-state index contributed by atoms with van der Waals surface area (Å²) in [5.41, 5.74) is -0.340. The molecule has 0 aromatic heterocycles. The summed E-state index contributed by atoms with van der Waals surface area (Å²) in [6.07, 6.45) is -0.125. The van der Waals surface area contributed by atoms with Crippen LogP contribution in [0.15, 0.2) is 0 Å². The van der Waals surface area contributed by atoms with Crippen LogP contribution in [0.25, 0.3) is 0 Å². The first kappa shape index (κ1) is 15.9. The molecule has 1 aliphatic heterocycles. The largest absolute Gasteiger partial charge is 0.469 e. The average Bonchev–Trinajstić information content (AvgIpc) is 2.35. The van der Waals surface area contributed by atoms with Crippen LogP contribution in [-0.4, -0.2) is 61.9 Å². The van der Waals surface area contributed by atoms with Crippen LogP contribution < -0.4 is 0 Å². The van der Waals surface area contributed by atoms with Crippen LogP contribution in [-0.2, 0) is 23.8 Å². The lowest BCUT2D eigenvalue weighted by atomic mass is 10.2. The molecule has 6 heteroatoms. The first-order valence-corrected chi connectivity index (χ1v) is 6.42. The quantitative estimate of drug-likeness (QED) is 0.701. The van der Waals surface area contributed by atoms with E-state index in [1.165, 1.54) is 7.11 Å². The van der Waals surface area contributed by atoms with Crippen molar-refractivity contribution in [2.75, 3.05) is 33.4 Å². The third-order valence-corrected chi connectivity index (χ3v) is 2.74. The van der Waals surface area contributed by atoms with Crippen molar-refractivity contribution in [3.8, 4) is 0 Å². The fourth-order valence-corrected chi connectivity index (χ4v) is 1.71. The van der Waals surface area contributed by atoms with Crippen molar-refractivity contribution in [1.82, 2.24) is 4.90 Å². The molecule has 1 unspecified atom stereocenters. The van der Waals surface area contributed by atoms with E-state index in [0.29, 0.717) is 19.7 Å². The number of hydrogen-bond donors (Lipinski definition) is 0. The highest BCUT2D eigenvalue weighted by Gasteiger charge is 2.27. The van der Waals surface area contributed by atoms with Gasteiger partial charge in [-0.05, 0) is 20.8 Å². The Bertz CT molecular complexity index is 323. The first-order chi connectivity index (χ1) is 8.81. The molecule has 1 atom stereocenters. The molecule has 0 aliphatic carbocycles. The Morgan fingerprint density at radius 3 is 2.63 bits per heavy atom. The van der Waals surface area contributed by atoms with Crippen LogP contribution >= 0.6 is 0 Å². The van der Waals surface area contributed by atoms with E-state index in [-0.39, 0.29) is 36.6 Å². The number of ether oxygens (including phenoxy) is 3. The highest BCUT2D eigenvalue weighted by molar-refractivity contribution is 5.77. The Morgan fingerprint density at radius 2 is 2.05 bits per heavy atom. The third-order valence-electron chi connectivity index (χ3n) is 2.74. The highest BCUT2D eigenvalue weighted by Crippen LogP contribution is 2.11. The van der Waals surface area contributed by atoms with E-state index in [2.05, 4.69) is 4.74 Å². The molecule has 1 aliphatic rings. The maximum Gasteiger partial charge on any atom is 0.308 e. The molecular formula is C13H23NO5. The summed E-state index contributed by atoms with van der Waals surface area (Å²) in [6.45, 7) is 7.13. The zero-order valence-corrected chi connectivity index (χ0v) is 12.1. The van der Waals surface area contributed by atoms with Crippen LogP contribution in [0.5, 0.6) is 0 Å². The molecular weight excluding hydrogens is 250 g/mol. The summed E-state index contributed by atoms with van der Waals surface area (Å²) in [6, 6.07) is 0. The lowest BCUT2D eigenvalue weighted by molar-refractivity contribution is -0.154. The molecule has 1 heterocycles. The number of morpholine rings is 1. The fraction of sp³-hybridized carbons (Fsp3) is 0.846. The molecule has 0 aromatic carbocycles. The van der Waals surface area contributed by atoms with Crippen molar-refractivity contribution >= 4 is 11.9 Å².